The fourth-order valence-electron chi connectivity index (χ4n) is 2.86. The first-order chi connectivity index (χ1) is 14.4. The van der Waals surface area contributed by atoms with Gasteiger partial charge in [0.05, 0.1) is 16.7 Å². The molecule has 0 unspecified atom stereocenters. The highest BCUT2D eigenvalue weighted by Crippen LogP contribution is 2.20. The van der Waals surface area contributed by atoms with Crippen LogP contribution in [0.4, 0.5) is 5.69 Å². The number of nitro groups is 1. The number of carbonyl (C=O) groups excluding carboxylic acids is 1. The molecule has 0 aliphatic rings. The Morgan fingerprint density at radius 2 is 1.90 bits per heavy atom. The molecule has 2 N–H and O–H groups in total. The molecule has 30 heavy (non-hydrogen) atoms. The zero-order valence-electron chi connectivity index (χ0n) is 15.1. The molecule has 10 nitrogen and oxygen atoms in total. The summed E-state index contributed by atoms with van der Waals surface area (Å²) in [6.07, 6.45) is 1.15. The summed E-state index contributed by atoms with van der Waals surface area (Å²) in [5.41, 5.74) is 1.20. The molecule has 0 saturated heterocycles. The number of amides is 1. The van der Waals surface area contributed by atoms with Crippen molar-refractivity contribution in [1.82, 2.24) is 10.4 Å². The molecule has 0 aliphatic heterocycles. The maximum absolute atomic E-state index is 12.3. The predicted molar refractivity (Wildman–Crippen MR) is 109 cm³/mol. The Morgan fingerprint density at radius 3 is 2.70 bits per heavy atom. The van der Waals surface area contributed by atoms with Crippen molar-refractivity contribution in [1.29, 1.82) is 0 Å². The zero-order valence-corrected chi connectivity index (χ0v) is 15.1. The number of nitrogens with one attached hydrogen (secondary N) is 2. The number of hydrogen-bond donors (Lipinski definition) is 2. The molecule has 148 valence electrons. The Balaban J connectivity index is 1.61. The summed E-state index contributed by atoms with van der Waals surface area (Å²) in [4.78, 5) is 49.4. The Bertz CT molecular complexity index is 1470. The third-order valence-electron chi connectivity index (χ3n) is 4.32. The number of aromatic nitrogens is 1. The van der Waals surface area contributed by atoms with Crippen LogP contribution >= 0.6 is 0 Å². The van der Waals surface area contributed by atoms with E-state index in [0.717, 1.165) is 11.6 Å². The van der Waals surface area contributed by atoms with E-state index in [9.17, 15) is 24.5 Å². The fourth-order valence-corrected chi connectivity index (χ4v) is 2.86. The maximum Gasteiger partial charge on any atom is 0.349 e. The molecular weight excluding hydrogens is 392 g/mol. The van der Waals surface area contributed by atoms with Gasteiger partial charge in [-0.3, -0.25) is 19.7 Å². The average Bonchev–Trinajstić information content (AvgIpc) is 2.73. The number of nitro benzene ring substituents is 1. The van der Waals surface area contributed by atoms with Gasteiger partial charge in [-0.1, -0.05) is 18.2 Å². The smallest absolute Gasteiger partial charge is 0.349 e. The van der Waals surface area contributed by atoms with Gasteiger partial charge in [0, 0.05) is 23.0 Å². The van der Waals surface area contributed by atoms with E-state index in [0.29, 0.717) is 5.52 Å². The molecule has 0 radical (unpaired) electrons. The van der Waals surface area contributed by atoms with Crippen molar-refractivity contribution < 1.29 is 14.1 Å². The number of rotatable bonds is 4. The number of benzene rings is 2. The number of nitrogens with zero attached hydrogens (tertiary/aromatic N) is 2. The highest BCUT2D eigenvalue weighted by atomic mass is 16.6. The van der Waals surface area contributed by atoms with E-state index in [-0.39, 0.29) is 27.8 Å². The van der Waals surface area contributed by atoms with Crippen LogP contribution < -0.4 is 16.6 Å². The summed E-state index contributed by atoms with van der Waals surface area (Å²) in [5.74, 6) is -0.884. The zero-order chi connectivity index (χ0) is 21.3. The molecule has 2 aromatic carbocycles. The van der Waals surface area contributed by atoms with Crippen LogP contribution in [0.15, 0.2) is 73.7 Å². The van der Waals surface area contributed by atoms with Gasteiger partial charge in [-0.15, -0.1) is 0 Å². The van der Waals surface area contributed by atoms with E-state index < -0.39 is 22.0 Å². The Kier molecular flexibility index (Phi) is 4.64. The van der Waals surface area contributed by atoms with Gasteiger partial charge in [0.2, 0.25) is 0 Å². The largest absolute Gasteiger partial charge is 0.422 e. The van der Waals surface area contributed by atoms with Crippen molar-refractivity contribution in [2.24, 2.45) is 5.10 Å². The molecule has 4 aromatic rings. The first kappa shape index (κ1) is 18.7. The van der Waals surface area contributed by atoms with E-state index in [2.05, 4.69) is 15.5 Å². The molecular formula is C20H12N4O6. The number of non-ortho nitro benzene ring substituents is 1. The molecule has 2 aromatic heterocycles. The van der Waals surface area contributed by atoms with Crippen LogP contribution in [0, 0.1) is 10.1 Å². The van der Waals surface area contributed by atoms with Crippen LogP contribution in [0.2, 0.25) is 0 Å². The van der Waals surface area contributed by atoms with Crippen LogP contribution in [0.5, 0.6) is 0 Å². The van der Waals surface area contributed by atoms with Crippen LogP contribution in [0.3, 0.4) is 0 Å². The highest BCUT2D eigenvalue weighted by molar-refractivity contribution is 5.97. The molecule has 1 amide bonds. The molecule has 10 heteroatoms. The maximum atomic E-state index is 12.3. The molecule has 0 spiro atoms. The topological polar surface area (TPSA) is 148 Å². The highest BCUT2D eigenvalue weighted by Gasteiger charge is 2.15. The second kappa shape index (κ2) is 7.43. The van der Waals surface area contributed by atoms with Crippen molar-refractivity contribution in [3.63, 3.8) is 0 Å². The van der Waals surface area contributed by atoms with Gasteiger partial charge in [-0.05, 0) is 29.7 Å². The van der Waals surface area contributed by atoms with Gasteiger partial charge in [-0.2, -0.15) is 5.10 Å². The van der Waals surface area contributed by atoms with Gasteiger partial charge >= 0.3 is 5.63 Å². The third kappa shape index (κ3) is 3.56. The molecule has 4 rings (SSSR count). The number of fused-ring (bicyclic) bond motifs is 2. The predicted octanol–water partition coefficient (Wildman–Crippen LogP) is 2.31. The number of hydrazone groups is 1. The van der Waals surface area contributed by atoms with Gasteiger partial charge < -0.3 is 9.40 Å². The van der Waals surface area contributed by atoms with E-state index in [1.54, 1.807) is 24.3 Å². The number of aromatic amines is 1. The number of para-hydroxylation sites is 1. The summed E-state index contributed by atoms with van der Waals surface area (Å²) >= 11 is 0. The monoisotopic (exact) mass is 404 g/mol. The number of hydrogen-bond acceptors (Lipinski definition) is 7. The quantitative estimate of drug-likeness (QED) is 0.231. The molecule has 0 bridgehead atoms. The molecule has 0 aliphatic carbocycles. The van der Waals surface area contributed by atoms with Gasteiger partial charge in [0.25, 0.3) is 17.2 Å². The second-order valence-corrected chi connectivity index (χ2v) is 6.27. The van der Waals surface area contributed by atoms with E-state index in [4.69, 9.17) is 4.42 Å². The minimum absolute atomic E-state index is 0.105. The van der Waals surface area contributed by atoms with Gasteiger partial charge in [-0.25, -0.2) is 10.2 Å². The van der Waals surface area contributed by atoms with Crippen molar-refractivity contribution in [2.45, 2.75) is 0 Å². The molecule has 0 saturated carbocycles. The standard InChI is InChI=1S/C20H12N4O6/c25-18-13(7-11-3-1-2-4-16(11)22-18)10-21-23-19(26)15-9-12-8-14(24(28)29)5-6-17(12)30-20(15)27/h1-10H,(H,22,25)(H,23,26)/b21-10+. The van der Waals surface area contributed by atoms with Crippen LogP contribution in [-0.2, 0) is 0 Å². The first-order valence-corrected chi connectivity index (χ1v) is 8.60. The Hall–Kier alpha value is -4.60. The number of H-pyrrole nitrogens is 1. The van der Waals surface area contributed by atoms with Gasteiger partial charge in [0.15, 0.2) is 0 Å². The van der Waals surface area contributed by atoms with Crippen molar-refractivity contribution in [2.75, 3.05) is 0 Å². The minimum atomic E-state index is -0.924. The second-order valence-electron chi connectivity index (χ2n) is 6.27. The van der Waals surface area contributed by atoms with Crippen LogP contribution in [-0.4, -0.2) is 22.0 Å². The minimum Gasteiger partial charge on any atom is -0.422 e. The number of carbonyl (C=O) groups is 1. The number of pyridine rings is 1. The van der Waals surface area contributed by atoms with Gasteiger partial charge in [0.1, 0.15) is 11.1 Å². The summed E-state index contributed by atoms with van der Waals surface area (Å²) in [6, 6.07) is 13.6. The summed E-state index contributed by atoms with van der Waals surface area (Å²) in [6.45, 7) is 0. The van der Waals surface area contributed by atoms with Crippen molar-refractivity contribution in [3.8, 4) is 0 Å². The van der Waals surface area contributed by atoms with Crippen molar-refractivity contribution >= 4 is 39.7 Å². The lowest BCUT2D eigenvalue weighted by molar-refractivity contribution is -0.384. The Labute approximate surface area is 166 Å². The SMILES string of the molecule is O=C(N/N=C/c1cc2ccccc2[nH]c1=O)c1cc2cc([N+](=O)[O-])ccc2oc1=O. The van der Waals surface area contributed by atoms with Crippen LogP contribution in [0.25, 0.3) is 21.9 Å². The lowest BCUT2D eigenvalue weighted by Crippen LogP contribution is -2.25. The summed E-state index contributed by atoms with van der Waals surface area (Å²) < 4.78 is 5.03. The fraction of sp³-hybridized carbons (Fsp3) is 0. The lowest BCUT2D eigenvalue weighted by atomic mass is 10.1. The van der Waals surface area contributed by atoms with E-state index in [1.807, 2.05) is 6.07 Å². The molecule has 2 heterocycles. The van der Waals surface area contributed by atoms with Crippen LogP contribution in [0.1, 0.15) is 15.9 Å². The average molecular weight is 404 g/mol. The summed E-state index contributed by atoms with van der Waals surface area (Å²) in [5, 5.41) is 15.6. The van der Waals surface area contributed by atoms with E-state index in [1.165, 1.54) is 24.3 Å². The lowest BCUT2D eigenvalue weighted by Gasteiger charge is -2.02. The van der Waals surface area contributed by atoms with E-state index >= 15 is 0 Å². The summed E-state index contributed by atoms with van der Waals surface area (Å²) in [7, 11) is 0. The molecule has 0 atom stereocenters. The normalized spacial score (nSPS) is 11.2. The molecule has 0 fully saturated rings. The third-order valence-corrected chi connectivity index (χ3v) is 4.32. The Morgan fingerprint density at radius 1 is 1.10 bits per heavy atom. The first-order valence-electron chi connectivity index (χ1n) is 8.60. The van der Waals surface area contributed by atoms with Crippen molar-refractivity contribution in [3.05, 3.63) is 96.6 Å².